The van der Waals surface area contributed by atoms with Crippen LogP contribution in [-0.2, 0) is 0 Å². The maximum atomic E-state index is 13.9. The van der Waals surface area contributed by atoms with Gasteiger partial charge in [-0.05, 0) is 29.8 Å². The van der Waals surface area contributed by atoms with Crippen molar-refractivity contribution in [3.8, 4) is 33.8 Å². The number of hydrogen-bond acceptors (Lipinski definition) is 7. The van der Waals surface area contributed by atoms with E-state index < -0.39 is 0 Å². The van der Waals surface area contributed by atoms with E-state index in [-0.39, 0.29) is 5.82 Å². The second kappa shape index (κ2) is 8.83. The molecule has 5 heterocycles. The van der Waals surface area contributed by atoms with Gasteiger partial charge >= 0.3 is 0 Å². The van der Waals surface area contributed by atoms with Crippen LogP contribution in [0.4, 0.5) is 10.1 Å². The Hall–Kier alpha value is -5.12. The molecule has 1 aromatic carbocycles. The zero-order valence-corrected chi connectivity index (χ0v) is 20.1. The molecule has 6 aromatic rings. The Morgan fingerprint density at radius 3 is 2.65 bits per heavy atom. The van der Waals surface area contributed by atoms with Crippen molar-refractivity contribution in [2.45, 2.75) is 0 Å². The van der Waals surface area contributed by atoms with Gasteiger partial charge in [0.15, 0.2) is 11.5 Å². The highest BCUT2D eigenvalue weighted by atomic mass is 19.1. The number of pyridine rings is 3. The standard InChI is InChI=1S/C27H22FN9/c1-15(37(2)3)32-20-8-17(10-29-12-20)18-9-21-25(35-36-26(21)31-11-18)27-33-23-14-30-13-22(24(23)34-27)16-5-4-6-19(28)7-16/h4-14,32H,1H2,2-3H3,(H,33,34)(H,31,35,36). The molecule has 6 rings (SSSR count). The van der Waals surface area contributed by atoms with E-state index in [1.165, 1.54) is 12.1 Å². The molecule has 0 amide bonds. The summed E-state index contributed by atoms with van der Waals surface area (Å²) in [5.74, 6) is 1.02. The van der Waals surface area contributed by atoms with E-state index in [4.69, 9.17) is 4.98 Å². The molecule has 0 aliphatic heterocycles. The third kappa shape index (κ3) is 4.14. The largest absolute Gasteiger partial charge is 0.365 e. The van der Waals surface area contributed by atoms with Gasteiger partial charge in [-0.1, -0.05) is 18.7 Å². The molecule has 0 fully saturated rings. The van der Waals surface area contributed by atoms with E-state index in [0.717, 1.165) is 39.1 Å². The summed E-state index contributed by atoms with van der Waals surface area (Å²) >= 11 is 0. The van der Waals surface area contributed by atoms with Gasteiger partial charge in [-0.2, -0.15) is 5.10 Å². The molecule has 5 aromatic heterocycles. The number of hydrogen-bond donors (Lipinski definition) is 3. The lowest BCUT2D eigenvalue weighted by Crippen LogP contribution is -2.16. The second-order valence-corrected chi connectivity index (χ2v) is 8.80. The van der Waals surface area contributed by atoms with Crippen molar-refractivity contribution < 1.29 is 4.39 Å². The van der Waals surface area contributed by atoms with Crippen molar-refractivity contribution in [3.05, 3.63) is 85.6 Å². The van der Waals surface area contributed by atoms with E-state index in [0.29, 0.717) is 28.2 Å². The fraction of sp³-hybridized carbons (Fsp3) is 0.0741. The maximum Gasteiger partial charge on any atom is 0.181 e. The zero-order valence-electron chi connectivity index (χ0n) is 20.1. The lowest BCUT2D eigenvalue weighted by molar-refractivity contribution is 0.521. The molecule has 0 radical (unpaired) electrons. The number of H-pyrrole nitrogens is 2. The number of anilines is 1. The molecular weight excluding hydrogens is 469 g/mol. The first-order valence-corrected chi connectivity index (χ1v) is 11.5. The minimum absolute atomic E-state index is 0.316. The smallest absolute Gasteiger partial charge is 0.181 e. The van der Waals surface area contributed by atoms with Crippen molar-refractivity contribution in [1.82, 2.24) is 40.0 Å². The SMILES string of the molecule is C=C(Nc1cncc(-c2cnc3n[nH]c(-c4nc5c(-c6cccc(F)c6)cncc5[nH]4)c3c2)c1)N(C)C. The minimum atomic E-state index is -0.316. The van der Waals surface area contributed by atoms with E-state index in [1.807, 2.05) is 37.2 Å². The minimum Gasteiger partial charge on any atom is -0.365 e. The van der Waals surface area contributed by atoms with Gasteiger partial charge in [0, 0.05) is 49.4 Å². The van der Waals surface area contributed by atoms with Gasteiger partial charge in [-0.3, -0.25) is 15.1 Å². The zero-order chi connectivity index (χ0) is 25.5. The summed E-state index contributed by atoms with van der Waals surface area (Å²) in [6.07, 6.45) is 8.67. The first kappa shape index (κ1) is 22.4. The Labute approximate surface area is 211 Å². The molecule has 0 unspecified atom stereocenters. The number of nitrogens with zero attached hydrogens (tertiary/aromatic N) is 6. The molecule has 9 nitrogen and oxygen atoms in total. The monoisotopic (exact) mass is 491 g/mol. The molecule has 10 heteroatoms. The Balaban J connectivity index is 1.41. The number of benzene rings is 1. The second-order valence-electron chi connectivity index (χ2n) is 8.80. The number of aromatic amines is 2. The van der Waals surface area contributed by atoms with Crippen LogP contribution in [0, 0.1) is 5.82 Å². The highest BCUT2D eigenvalue weighted by Gasteiger charge is 2.17. The molecule has 0 saturated heterocycles. The van der Waals surface area contributed by atoms with Gasteiger partial charge in [-0.25, -0.2) is 14.4 Å². The number of imidazole rings is 1. The third-order valence-electron chi connectivity index (χ3n) is 6.08. The molecule has 3 N–H and O–H groups in total. The quantitative estimate of drug-likeness (QED) is 0.293. The maximum absolute atomic E-state index is 13.9. The van der Waals surface area contributed by atoms with Crippen LogP contribution in [0.25, 0.3) is 55.8 Å². The van der Waals surface area contributed by atoms with Crippen molar-refractivity contribution in [2.24, 2.45) is 0 Å². The summed E-state index contributed by atoms with van der Waals surface area (Å²) in [6.45, 7) is 4.01. The van der Waals surface area contributed by atoms with Crippen LogP contribution in [0.3, 0.4) is 0 Å². The van der Waals surface area contributed by atoms with Crippen molar-refractivity contribution in [3.63, 3.8) is 0 Å². The Morgan fingerprint density at radius 1 is 0.973 bits per heavy atom. The first-order chi connectivity index (χ1) is 18.0. The first-order valence-electron chi connectivity index (χ1n) is 11.5. The number of rotatable bonds is 6. The number of fused-ring (bicyclic) bond motifs is 2. The number of nitrogens with one attached hydrogen (secondary N) is 3. The average Bonchev–Trinajstić information content (AvgIpc) is 3.52. The Kier molecular flexibility index (Phi) is 5.33. The fourth-order valence-corrected chi connectivity index (χ4v) is 4.10. The summed E-state index contributed by atoms with van der Waals surface area (Å²) in [5.41, 5.74) is 6.68. The predicted octanol–water partition coefficient (Wildman–Crippen LogP) is 5.21. The summed E-state index contributed by atoms with van der Waals surface area (Å²) in [5, 5.41) is 11.5. The van der Waals surface area contributed by atoms with Gasteiger partial charge in [0.05, 0.1) is 40.3 Å². The lowest BCUT2D eigenvalue weighted by atomic mass is 10.1. The van der Waals surface area contributed by atoms with Crippen molar-refractivity contribution >= 4 is 27.8 Å². The molecule has 0 aliphatic rings. The van der Waals surface area contributed by atoms with E-state index >= 15 is 0 Å². The van der Waals surface area contributed by atoms with Gasteiger partial charge in [0.25, 0.3) is 0 Å². The Bertz CT molecular complexity index is 1780. The topological polar surface area (TPSA) is 111 Å². The van der Waals surface area contributed by atoms with Crippen LogP contribution in [-0.4, -0.2) is 54.1 Å². The van der Waals surface area contributed by atoms with Crippen LogP contribution in [0.2, 0.25) is 0 Å². The van der Waals surface area contributed by atoms with Gasteiger partial charge in [0.2, 0.25) is 0 Å². The third-order valence-corrected chi connectivity index (χ3v) is 6.08. The summed E-state index contributed by atoms with van der Waals surface area (Å²) < 4.78 is 13.9. The summed E-state index contributed by atoms with van der Waals surface area (Å²) in [7, 11) is 3.83. The number of aromatic nitrogens is 7. The molecule has 0 bridgehead atoms. The fourth-order valence-electron chi connectivity index (χ4n) is 4.10. The van der Waals surface area contributed by atoms with E-state index in [2.05, 4.69) is 42.0 Å². The van der Waals surface area contributed by atoms with Crippen LogP contribution in [0.1, 0.15) is 0 Å². The molecular formula is C27H22FN9. The van der Waals surface area contributed by atoms with Crippen LogP contribution in [0.5, 0.6) is 0 Å². The van der Waals surface area contributed by atoms with Gasteiger partial charge in [-0.15, -0.1) is 0 Å². The summed E-state index contributed by atoms with van der Waals surface area (Å²) in [4.78, 5) is 23.2. The summed E-state index contributed by atoms with van der Waals surface area (Å²) in [6, 6.07) is 10.4. The van der Waals surface area contributed by atoms with Gasteiger partial charge in [0.1, 0.15) is 11.5 Å². The normalized spacial score (nSPS) is 11.2. The predicted molar refractivity (Wildman–Crippen MR) is 142 cm³/mol. The van der Waals surface area contributed by atoms with Crippen molar-refractivity contribution in [1.29, 1.82) is 0 Å². The number of halogens is 1. The van der Waals surface area contributed by atoms with E-state index in [9.17, 15) is 4.39 Å². The van der Waals surface area contributed by atoms with Crippen LogP contribution >= 0.6 is 0 Å². The van der Waals surface area contributed by atoms with Gasteiger partial charge < -0.3 is 15.2 Å². The van der Waals surface area contributed by atoms with Crippen LogP contribution in [0.15, 0.2) is 79.8 Å². The van der Waals surface area contributed by atoms with Crippen LogP contribution < -0.4 is 5.32 Å². The van der Waals surface area contributed by atoms with Crippen molar-refractivity contribution in [2.75, 3.05) is 19.4 Å². The molecule has 182 valence electrons. The molecule has 0 atom stereocenters. The molecule has 0 spiro atoms. The highest BCUT2D eigenvalue weighted by molar-refractivity contribution is 5.96. The molecule has 0 saturated carbocycles. The lowest BCUT2D eigenvalue weighted by Gasteiger charge is -2.17. The molecule has 37 heavy (non-hydrogen) atoms. The average molecular weight is 492 g/mol. The van der Waals surface area contributed by atoms with E-state index in [1.54, 1.807) is 37.1 Å². The molecule has 0 aliphatic carbocycles. The Morgan fingerprint density at radius 2 is 1.81 bits per heavy atom. The highest BCUT2D eigenvalue weighted by Crippen LogP contribution is 2.32.